The van der Waals surface area contributed by atoms with E-state index in [2.05, 4.69) is 22.5 Å². The molecule has 2 rings (SSSR count). The number of aryl methyl sites for hydroxylation is 1. The topological polar surface area (TPSA) is 54.0 Å². The lowest BCUT2D eigenvalue weighted by Gasteiger charge is -2.10. The molecule has 0 spiro atoms. The van der Waals surface area contributed by atoms with Crippen LogP contribution in [0.4, 0.5) is 5.69 Å². The van der Waals surface area contributed by atoms with E-state index in [4.69, 9.17) is 0 Å². The summed E-state index contributed by atoms with van der Waals surface area (Å²) in [6.45, 7) is 5.59. The summed E-state index contributed by atoms with van der Waals surface area (Å²) in [5.41, 5.74) is 1.93. The standard InChI is InChI=1S/C14H17N3OS/c1-3-15-8-11-6-4-5-7-12(11)17-14(18)13-9-16-10(2)19-13/h4-7,9,15H,3,8H2,1-2H3,(H,17,18). The van der Waals surface area contributed by atoms with E-state index in [-0.39, 0.29) is 5.91 Å². The minimum atomic E-state index is -0.102. The Morgan fingerprint density at radius 1 is 1.37 bits per heavy atom. The number of para-hydroxylation sites is 1. The van der Waals surface area contributed by atoms with Crippen LogP contribution in [0.2, 0.25) is 0 Å². The largest absolute Gasteiger partial charge is 0.321 e. The van der Waals surface area contributed by atoms with Crippen LogP contribution in [0.5, 0.6) is 0 Å². The third kappa shape index (κ3) is 3.62. The molecule has 0 radical (unpaired) electrons. The first-order valence-corrected chi connectivity index (χ1v) is 7.04. The van der Waals surface area contributed by atoms with E-state index in [0.717, 1.165) is 29.3 Å². The van der Waals surface area contributed by atoms with Gasteiger partial charge in [-0.2, -0.15) is 0 Å². The molecule has 0 saturated carbocycles. The molecule has 4 nitrogen and oxygen atoms in total. The number of amides is 1. The third-order valence-electron chi connectivity index (χ3n) is 2.68. The number of nitrogens with one attached hydrogen (secondary N) is 2. The Kier molecular flexibility index (Phi) is 4.65. The maximum absolute atomic E-state index is 12.1. The maximum atomic E-state index is 12.1. The van der Waals surface area contributed by atoms with Gasteiger partial charge in [0.1, 0.15) is 4.88 Å². The highest BCUT2D eigenvalue weighted by Crippen LogP contribution is 2.18. The molecule has 100 valence electrons. The number of thiazole rings is 1. The van der Waals surface area contributed by atoms with Crippen molar-refractivity contribution in [2.75, 3.05) is 11.9 Å². The van der Waals surface area contributed by atoms with Gasteiger partial charge < -0.3 is 10.6 Å². The van der Waals surface area contributed by atoms with E-state index in [1.165, 1.54) is 11.3 Å². The molecule has 1 heterocycles. The van der Waals surface area contributed by atoms with Crippen LogP contribution in [0.15, 0.2) is 30.5 Å². The van der Waals surface area contributed by atoms with Crippen LogP contribution in [-0.2, 0) is 6.54 Å². The van der Waals surface area contributed by atoms with Crippen molar-refractivity contribution >= 4 is 22.9 Å². The van der Waals surface area contributed by atoms with Gasteiger partial charge in [0.15, 0.2) is 0 Å². The van der Waals surface area contributed by atoms with Gasteiger partial charge in [-0.05, 0) is 25.1 Å². The monoisotopic (exact) mass is 275 g/mol. The van der Waals surface area contributed by atoms with Crippen molar-refractivity contribution in [1.29, 1.82) is 0 Å². The Hall–Kier alpha value is -1.72. The molecule has 0 aliphatic carbocycles. The van der Waals surface area contributed by atoms with Crippen LogP contribution in [0, 0.1) is 6.92 Å². The molecule has 0 fully saturated rings. The Morgan fingerprint density at radius 2 is 2.16 bits per heavy atom. The lowest BCUT2D eigenvalue weighted by Crippen LogP contribution is -2.16. The second-order valence-corrected chi connectivity index (χ2v) is 5.37. The Balaban J connectivity index is 2.12. The maximum Gasteiger partial charge on any atom is 0.267 e. The summed E-state index contributed by atoms with van der Waals surface area (Å²) in [6, 6.07) is 7.82. The molecule has 5 heteroatoms. The van der Waals surface area contributed by atoms with Crippen molar-refractivity contribution < 1.29 is 4.79 Å². The number of nitrogens with zero attached hydrogens (tertiary/aromatic N) is 1. The van der Waals surface area contributed by atoms with Gasteiger partial charge >= 0.3 is 0 Å². The van der Waals surface area contributed by atoms with Gasteiger partial charge in [-0.15, -0.1) is 11.3 Å². The van der Waals surface area contributed by atoms with Gasteiger partial charge in [0.25, 0.3) is 5.91 Å². The van der Waals surface area contributed by atoms with Crippen molar-refractivity contribution in [3.8, 4) is 0 Å². The van der Waals surface area contributed by atoms with Crippen molar-refractivity contribution in [1.82, 2.24) is 10.3 Å². The number of rotatable bonds is 5. The number of carbonyl (C=O) groups is 1. The van der Waals surface area contributed by atoms with Crippen LogP contribution in [0.25, 0.3) is 0 Å². The number of benzene rings is 1. The van der Waals surface area contributed by atoms with E-state index in [1.807, 2.05) is 31.2 Å². The first-order valence-electron chi connectivity index (χ1n) is 6.23. The van der Waals surface area contributed by atoms with Crippen molar-refractivity contribution in [2.24, 2.45) is 0 Å². The number of hydrogen-bond acceptors (Lipinski definition) is 4. The van der Waals surface area contributed by atoms with Crippen LogP contribution in [0.3, 0.4) is 0 Å². The number of carbonyl (C=O) groups excluding carboxylic acids is 1. The highest BCUT2D eigenvalue weighted by molar-refractivity contribution is 7.13. The lowest BCUT2D eigenvalue weighted by atomic mass is 10.1. The normalized spacial score (nSPS) is 10.4. The Labute approximate surface area is 116 Å². The molecule has 2 N–H and O–H groups in total. The van der Waals surface area contributed by atoms with Crippen molar-refractivity contribution in [2.45, 2.75) is 20.4 Å². The zero-order valence-corrected chi connectivity index (χ0v) is 11.9. The SMILES string of the molecule is CCNCc1ccccc1NC(=O)c1cnc(C)s1. The Bertz CT molecular complexity index is 565. The summed E-state index contributed by atoms with van der Waals surface area (Å²) in [6.07, 6.45) is 1.61. The van der Waals surface area contributed by atoms with Crippen molar-refractivity contribution in [3.05, 3.63) is 45.9 Å². The van der Waals surface area contributed by atoms with Gasteiger partial charge in [0, 0.05) is 12.2 Å². The summed E-state index contributed by atoms with van der Waals surface area (Å²) in [5, 5.41) is 7.10. The molecule has 1 aromatic carbocycles. The molecule has 0 aliphatic heterocycles. The van der Waals surface area contributed by atoms with Gasteiger partial charge in [-0.1, -0.05) is 25.1 Å². The van der Waals surface area contributed by atoms with E-state index in [1.54, 1.807) is 6.20 Å². The van der Waals surface area contributed by atoms with Gasteiger partial charge in [-0.3, -0.25) is 4.79 Å². The molecule has 0 atom stereocenters. The van der Waals surface area contributed by atoms with Crippen LogP contribution in [-0.4, -0.2) is 17.4 Å². The zero-order valence-electron chi connectivity index (χ0n) is 11.1. The first-order chi connectivity index (χ1) is 9.20. The molecule has 19 heavy (non-hydrogen) atoms. The molecule has 0 aliphatic rings. The molecular weight excluding hydrogens is 258 g/mol. The quantitative estimate of drug-likeness (QED) is 0.882. The van der Waals surface area contributed by atoms with Crippen LogP contribution < -0.4 is 10.6 Å². The summed E-state index contributed by atoms with van der Waals surface area (Å²) >= 11 is 1.40. The van der Waals surface area contributed by atoms with Gasteiger partial charge in [0.2, 0.25) is 0 Å². The average molecular weight is 275 g/mol. The van der Waals surface area contributed by atoms with E-state index in [9.17, 15) is 4.79 Å². The molecular formula is C14H17N3OS. The van der Waals surface area contributed by atoms with Gasteiger partial charge in [-0.25, -0.2) is 4.98 Å². The van der Waals surface area contributed by atoms with Gasteiger partial charge in [0.05, 0.1) is 11.2 Å². The Morgan fingerprint density at radius 3 is 2.84 bits per heavy atom. The molecule has 0 unspecified atom stereocenters. The third-order valence-corrected chi connectivity index (χ3v) is 3.59. The summed E-state index contributed by atoms with van der Waals surface area (Å²) in [5.74, 6) is -0.102. The summed E-state index contributed by atoms with van der Waals surface area (Å²) in [7, 11) is 0. The van der Waals surface area contributed by atoms with E-state index in [0.29, 0.717) is 4.88 Å². The van der Waals surface area contributed by atoms with Crippen LogP contribution in [0.1, 0.15) is 27.2 Å². The first kappa shape index (κ1) is 13.7. The minimum Gasteiger partial charge on any atom is -0.321 e. The fraction of sp³-hybridized carbons (Fsp3) is 0.286. The molecule has 0 saturated heterocycles. The molecule has 1 aromatic heterocycles. The number of anilines is 1. The van der Waals surface area contributed by atoms with E-state index < -0.39 is 0 Å². The number of aromatic nitrogens is 1. The fourth-order valence-corrected chi connectivity index (χ4v) is 2.38. The minimum absolute atomic E-state index is 0.102. The zero-order chi connectivity index (χ0) is 13.7. The lowest BCUT2D eigenvalue weighted by molar-refractivity contribution is 0.103. The van der Waals surface area contributed by atoms with E-state index >= 15 is 0 Å². The molecule has 2 aromatic rings. The summed E-state index contributed by atoms with van der Waals surface area (Å²) < 4.78 is 0. The van der Waals surface area contributed by atoms with Crippen molar-refractivity contribution in [3.63, 3.8) is 0 Å². The number of hydrogen-bond donors (Lipinski definition) is 2. The fourth-order valence-electron chi connectivity index (χ4n) is 1.71. The second-order valence-electron chi connectivity index (χ2n) is 4.14. The molecule has 0 bridgehead atoms. The summed E-state index contributed by atoms with van der Waals surface area (Å²) in [4.78, 5) is 16.8. The molecule has 1 amide bonds. The highest BCUT2D eigenvalue weighted by Gasteiger charge is 2.11. The second kappa shape index (κ2) is 6.45. The smallest absolute Gasteiger partial charge is 0.267 e. The van der Waals surface area contributed by atoms with Crippen LogP contribution >= 0.6 is 11.3 Å². The predicted octanol–water partition coefficient (Wildman–Crippen LogP) is 2.81. The predicted molar refractivity (Wildman–Crippen MR) is 78.6 cm³/mol. The highest BCUT2D eigenvalue weighted by atomic mass is 32.1. The average Bonchev–Trinajstić information content (AvgIpc) is 2.84.